The van der Waals surface area contributed by atoms with Gasteiger partial charge in [-0.2, -0.15) is 0 Å². The van der Waals surface area contributed by atoms with Crippen LogP contribution in [0.25, 0.3) is 0 Å². The van der Waals surface area contributed by atoms with Gasteiger partial charge in [0.25, 0.3) is 0 Å². The highest BCUT2D eigenvalue weighted by Crippen LogP contribution is 2.08. The van der Waals surface area contributed by atoms with Crippen molar-refractivity contribution in [1.82, 2.24) is 10.3 Å². The Morgan fingerprint density at radius 2 is 2.21 bits per heavy atom. The summed E-state index contributed by atoms with van der Waals surface area (Å²) in [5, 5.41) is 3.16. The molecular formula is C11H19N3. The minimum absolute atomic E-state index is 0.997. The molecule has 0 saturated carbocycles. The number of anilines is 1. The van der Waals surface area contributed by atoms with E-state index in [1.807, 2.05) is 25.4 Å². The predicted molar refractivity (Wildman–Crippen MR) is 60.7 cm³/mol. The molecule has 0 saturated heterocycles. The quantitative estimate of drug-likeness (QED) is 0.742. The number of rotatable bonds is 6. The van der Waals surface area contributed by atoms with Gasteiger partial charge < -0.3 is 10.2 Å². The molecule has 1 heterocycles. The monoisotopic (exact) mass is 193 g/mol. The van der Waals surface area contributed by atoms with Gasteiger partial charge in [0.15, 0.2) is 0 Å². The molecule has 3 nitrogen and oxygen atoms in total. The first kappa shape index (κ1) is 11.0. The van der Waals surface area contributed by atoms with E-state index in [-0.39, 0.29) is 0 Å². The average Bonchev–Trinajstić information content (AvgIpc) is 2.25. The molecule has 1 aromatic rings. The van der Waals surface area contributed by atoms with Crippen LogP contribution in [0.5, 0.6) is 0 Å². The van der Waals surface area contributed by atoms with E-state index in [0.717, 1.165) is 31.9 Å². The van der Waals surface area contributed by atoms with Gasteiger partial charge in [0.1, 0.15) is 5.82 Å². The summed E-state index contributed by atoms with van der Waals surface area (Å²) in [6.45, 7) is 5.27. The molecule has 1 rings (SSSR count). The molecule has 1 aromatic heterocycles. The molecule has 0 spiro atoms. The van der Waals surface area contributed by atoms with Gasteiger partial charge >= 0.3 is 0 Å². The molecule has 0 radical (unpaired) electrons. The molecule has 0 fully saturated rings. The zero-order valence-corrected chi connectivity index (χ0v) is 9.03. The average molecular weight is 193 g/mol. The van der Waals surface area contributed by atoms with Crippen LogP contribution < -0.4 is 10.2 Å². The third kappa shape index (κ3) is 3.34. The molecule has 0 atom stereocenters. The van der Waals surface area contributed by atoms with Crippen LogP contribution in [0.1, 0.15) is 13.3 Å². The maximum atomic E-state index is 4.35. The van der Waals surface area contributed by atoms with Gasteiger partial charge in [-0.25, -0.2) is 4.98 Å². The molecule has 0 aromatic carbocycles. The number of hydrogen-bond acceptors (Lipinski definition) is 3. The Morgan fingerprint density at radius 3 is 2.79 bits per heavy atom. The summed E-state index contributed by atoms with van der Waals surface area (Å²) in [5.74, 6) is 1.07. The van der Waals surface area contributed by atoms with Gasteiger partial charge in [-0.1, -0.05) is 13.0 Å². The number of aromatic nitrogens is 1. The van der Waals surface area contributed by atoms with Crippen LogP contribution in [0.15, 0.2) is 24.4 Å². The fourth-order valence-corrected chi connectivity index (χ4v) is 1.40. The van der Waals surface area contributed by atoms with Crippen LogP contribution in [-0.4, -0.2) is 31.7 Å². The Bertz CT molecular complexity index is 236. The van der Waals surface area contributed by atoms with E-state index in [1.54, 1.807) is 0 Å². The van der Waals surface area contributed by atoms with Crippen LogP contribution >= 0.6 is 0 Å². The highest BCUT2D eigenvalue weighted by Gasteiger charge is 2.04. The maximum Gasteiger partial charge on any atom is 0.128 e. The molecule has 0 aliphatic rings. The second kappa shape index (κ2) is 6.38. The zero-order valence-electron chi connectivity index (χ0n) is 9.03. The summed E-state index contributed by atoms with van der Waals surface area (Å²) in [6, 6.07) is 6.04. The van der Waals surface area contributed by atoms with Crippen molar-refractivity contribution in [3.63, 3.8) is 0 Å². The van der Waals surface area contributed by atoms with Gasteiger partial charge in [0.05, 0.1) is 0 Å². The van der Waals surface area contributed by atoms with Crippen LogP contribution in [0, 0.1) is 0 Å². The Labute approximate surface area is 86.2 Å². The Balaban J connectivity index is 2.58. The van der Waals surface area contributed by atoms with E-state index >= 15 is 0 Å². The smallest absolute Gasteiger partial charge is 0.128 e. The molecule has 1 N–H and O–H groups in total. The normalized spacial score (nSPS) is 10.1. The van der Waals surface area contributed by atoms with E-state index in [1.165, 1.54) is 0 Å². The largest absolute Gasteiger partial charge is 0.355 e. The van der Waals surface area contributed by atoms with Crippen molar-refractivity contribution in [2.45, 2.75) is 13.3 Å². The molecule has 14 heavy (non-hydrogen) atoms. The highest BCUT2D eigenvalue weighted by molar-refractivity contribution is 5.37. The third-order valence-electron chi connectivity index (χ3n) is 2.10. The molecule has 0 bridgehead atoms. The first-order chi connectivity index (χ1) is 6.88. The summed E-state index contributed by atoms with van der Waals surface area (Å²) in [4.78, 5) is 6.65. The number of likely N-dealkylation sites (N-methyl/N-ethyl adjacent to an activating group) is 1. The first-order valence-electron chi connectivity index (χ1n) is 5.19. The van der Waals surface area contributed by atoms with E-state index in [9.17, 15) is 0 Å². The highest BCUT2D eigenvalue weighted by atomic mass is 15.2. The van der Waals surface area contributed by atoms with Crippen LogP contribution in [0.3, 0.4) is 0 Å². The van der Waals surface area contributed by atoms with Gasteiger partial charge in [0, 0.05) is 25.8 Å². The summed E-state index contributed by atoms with van der Waals surface area (Å²) in [5.41, 5.74) is 0. The second-order valence-corrected chi connectivity index (χ2v) is 3.28. The van der Waals surface area contributed by atoms with Crippen molar-refractivity contribution in [3.05, 3.63) is 24.4 Å². The fraction of sp³-hybridized carbons (Fsp3) is 0.545. The lowest BCUT2D eigenvalue weighted by molar-refractivity contribution is 0.702. The van der Waals surface area contributed by atoms with Crippen molar-refractivity contribution in [2.24, 2.45) is 0 Å². The molecule has 0 amide bonds. The molecule has 0 aliphatic heterocycles. The molecular weight excluding hydrogens is 174 g/mol. The predicted octanol–water partition coefficient (Wildman–Crippen LogP) is 1.52. The zero-order chi connectivity index (χ0) is 10.2. The van der Waals surface area contributed by atoms with Crippen molar-refractivity contribution < 1.29 is 0 Å². The van der Waals surface area contributed by atoms with Crippen LogP contribution in [0.2, 0.25) is 0 Å². The Kier molecular flexibility index (Phi) is 5.00. The molecule has 0 aliphatic carbocycles. The number of hydrogen-bond donors (Lipinski definition) is 1. The number of nitrogens with one attached hydrogen (secondary N) is 1. The number of nitrogens with zero attached hydrogens (tertiary/aromatic N) is 2. The lowest BCUT2D eigenvalue weighted by Crippen LogP contribution is -2.31. The van der Waals surface area contributed by atoms with Crippen molar-refractivity contribution in [2.75, 3.05) is 31.6 Å². The summed E-state index contributed by atoms with van der Waals surface area (Å²) in [7, 11) is 1.97. The van der Waals surface area contributed by atoms with E-state index in [4.69, 9.17) is 0 Å². The Hall–Kier alpha value is -1.09. The van der Waals surface area contributed by atoms with Gasteiger partial charge in [-0.15, -0.1) is 0 Å². The molecule has 3 heteroatoms. The first-order valence-corrected chi connectivity index (χ1v) is 5.19. The minimum atomic E-state index is 0.997. The topological polar surface area (TPSA) is 28.2 Å². The summed E-state index contributed by atoms with van der Waals surface area (Å²) < 4.78 is 0. The van der Waals surface area contributed by atoms with E-state index in [2.05, 4.69) is 28.2 Å². The maximum absolute atomic E-state index is 4.35. The summed E-state index contributed by atoms with van der Waals surface area (Å²) >= 11 is 0. The number of pyridine rings is 1. The SMILES string of the molecule is CCCN(CCNC)c1ccccn1. The molecule has 78 valence electrons. The Morgan fingerprint density at radius 1 is 1.36 bits per heavy atom. The molecule has 0 unspecified atom stereocenters. The standard InChI is InChI=1S/C11H19N3/c1-3-9-14(10-8-12-2)11-6-4-5-7-13-11/h4-7,12H,3,8-10H2,1-2H3. The lowest BCUT2D eigenvalue weighted by Gasteiger charge is -2.22. The lowest BCUT2D eigenvalue weighted by atomic mass is 10.3. The van der Waals surface area contributed by atoms with E-state index in [0.29, 0.717) is 0 Å². The van der Waals surface area contributed by atoms with E-state index < -0.39 is 0 Å². The van der Waals surface area contributed by atoms with Crippen LogP contribution in [0.4, 0.5) is 5.82 Å². The van der Waals surface area contributed by atoms with Crippen LogP contribution in [-0.2, 0) is 0 Å². The fourth-order valence-electron chi connectivity index (χ4n) is 1.40. The van der Waals surface area contributed by atoms with Gasteiger partial charge in [-0.05, 0) is 25.6 Å². The van der Waals surface area contributed by atoms with Crippen molar-refractivity contribution in [1.29, 1.82) is 0 Å². The van der Waals surface area contributed by atoms with Crippen molar-refractivity contribution in [3.8, 4) is 0 Å². The second-order valence-electron chi connectivity index (χ2n) is 3.28. The summed E-state index contributed by atoms with van der Waals surface area (Å²) in [6.07, 6.45) is 3.00. The minimum Gasteiger partial charge on any atom is -0.355 e. The van der Waals surface area contributed by atoms with Gasteiger partial charge in [0.2, 0.25) is 0 Å². The van der Waals surface area contributed by atoms with Gasteiger partial charge in [-0.3, -0.25) is 0 Å². The van der Waals surface area contributed by atoms with Crippen molar-refractivity contribution >= 4 is 5.82 Å². The third-order valence-corrected chi connectivity index (χ3v) is 2.10.